The molecule has 0 spiro atoms. The molecule has 51 heavy (non-hydrogen) atoms. The lowest BCUT2D eigenvalue weighted by Gasteiger charge is -2.42. The van der Waals surface area contributed by atoms with Crippen LogP contribution in [0.2, 0.25) is 0 Å². The quantitative estimate of drug-likeness (QED) is 0.108. The summed E-state index contributed by atoms with van der Waals surface area (Å²) >= 11 is 0. The third kappa shape index (κ3) is 8.73. The van der Waals surface area contributed by atoms with E-state index in [-0.39, 0.29) is 38.0 Å². The lowest BCUT2D eigenvalue weighted by atomic mass is 10.0. The van der Waals surface area contributed by atoms with Gasteiger partial charge in [0.25, 0.3) is 0 Å². The highest BCUT2D eigenvalue weighted by molar-refractivity contribution is 5.87. The van der Waals surface area contributed by atoms with E-state index in [1.54, 1.807) is 17.0 Å². The zero-order valence-electron chi connectivity index (χ0n) is 28.3. The van der Waals surface area contributed by atoms with Gasteiger partial charge >= 0.3 is 0 Å². The SMILES string of the molecule is C=Cc1c(CN2CC(NCc3ccccc3)N(C(=O)CN(Cc3cc(-c4cccc(N5CCOCC5)n4)no3)NC=O)CC2=O)cccc1N=C. The molecule has 1 atom stereocenters. The number of benzene rings is 2. The van der Waals surface area contributed by atoms with E-state index in [0.29, 0.717) is 55.5 Å². The summed E-state index contributed by atoms with van der Waals surface area (Å²) in [7, 11) is 0. The summed E-state index contributed by atoms with van der Waals surface area (Å²) in [4.78, 5) is 53.4. The van der Waals surface area contributed by atoms with Gasteiger partial charge in [-0.3, -0.25) is 30.1 Å². The van der Waals surface area contributed by atoms with E-state index >= 15 is 0 Å². The minimum Gasteiger partial charge on any atom is -0.378 e. The first kappa shape index (κ1) is 35.1. The topological polar surface area (TPSA) is 149 Å². The Balaban J connectivity index is 1.16. The van der Waals surface area contributed by atoms with Crippen molar-refractivity contribution in [1.82, 2.24) is 35.7 Å². The van der Waals surface area contributed by atoms with Crippen molar-refractivity contribution in [3.8, 4) is 11.4 Å². The Labute approximate surface area is 296 Å². The Hall–Kier alpha value is -5.70. The van der Waals surface area contributed by atoms with Crippen molar-refractivity contribution < 1.29 is 23.6 Å². The Morgan fingerprint density at radius 2 is 1.86 bits per heavy atom. The van der Waals surface area contributed by atoms with Gasteiger partial charge in [-0.25, -0.2) is 9.99 Å². The molecule has 1 unspecified atom stereocenters. The smallest absolute Gasteiger partial charge is 0.242 e. The number of ether oxygens (including phenoxy) is 1. The van der Waals surface area contributed by atoms with Crippen LogP contribution in [-0.4, -0.2) is 102 Å². The third-order valence-corrected chi connectivity index (χ3v) is 8.84. The number of aliphatic imine (C=N–C) groups is 1. The van der Waals surface area contributed by atoms with Gasteiger partial charge in [0.15, 0.2) is 5.76 Å². The van der Waals surface area contributed by atoms with Crippen LogP contribution in [0.4, 0.5) is 11.5 Å². The van der Waals surface area contributed by atoms with E-state index in [9.17, 15) is 14.4 Å². The predicted molar refractivity (Wildman–Crippen MR) is 192 cm³/mol. The second-order valence-electron chi connectivity index (χ2n) is 12.2. The first-order valence-corrected chi connectivity index (χ1v) is 16.7. The maximum absolute atomic E-state index is 13.9. The summed E-state index contributed by atoms with van der Waals surface area (Å²) in [5, 5.41) is 9.09. The van der Waals surface area contributed by atoms with Gasteiger partial charge in [0.05, 0.1) is 44.2 Å². The second-order valence-corrected chi connectivity index (χ2v) is 12.2. The number of carbonyl (C=O) groups excluding carboxylic acids is 3. The van der Waals surface area contributed by atoms with Gasteiger partial charge in [-0.05, 0) is 36.0 Å². The van der Waals surface area contributed by atoms with Gasteiger partial charge in [0, 0.05) is 37.8 Å². The Bertz CT molecular complexity index is 1840. The number of rotatable bonds is 15. The molecule has 2 aliphatic heterocycles. The summed E-state index contributed by atoms with van der Waals surface area (Å²) in [5.74, 6) is 0.671. The molecule has 0 radical (unpaired) electrons. The van der Waals surface area contributed by atoms with Crippen molar-refractivity contribution in [2.45, 2.75) is 25.8 Å². The largest absolute Gasteiger partial charge is 0.378 e. The van der Waals surface area contributed by atoms with E-state index < -0.39 is 6.17 Å². The molecule has 4 aromatic rings. The van der Waals surface area contributed by atoms with Crippen LogP contribution in [0.3, 0.4) is 0 Å². The summed E-state index contributed by atoms with van der Waals surface area (Å²) < 4.78 is 11.1. The number of aromatic nitrogens is 2. The molecule has 6 rings (SSSR count). The highest BCUT2D eigenvalue weighted by Gasteiger charge is 2.36. The van der Waals surface area contributed by atoms with Crippen LogP contribution in [0.25, 0.3) is 17.5 Å². The Morgan fingerprint density at radius 3 is 2.63 bits per heavy atom. The molecule has 0 aliphatic carbocycles. The van der Waals surface area contributed by atoms with Crippen LogP contribution < -0.4 is 15.6 Å². The summed E-state index contributed by atoms with van der Waals surface area (Å²) in [6.07, 6.45) is 1.69. The highest BCUT2D eigenvalue weighted by atomic mass is 16.5. The van der Waals surface area contributed by atoms with Crippen LogP contribution in [0.1, 0.15) is 22.5 Å². The number of hydrogen-bond acceptors (Lipinski definition) is 11. The molecule has 264 valence electrons. The maximum Gasteiger partial charge on any atom is 0.242 e. The van der Waals surface area contributed by atoms with Crippen molar-refractivity contribution in [2.75, 3.05) is 50.8 Å². The molecule has 14 heteroatoms. The van der Waals surface area contributed by atoms with Crippen LogP contribution in [0, 0.1) is 0 Å². The molecule has 2 fully saturated rings. The summed E-state index contributed by atoms with van der Waals surface area (Å²) in [5.41, 5.74) is 7.15. The average Bonchev–Trinajstić information content (AvgIpc) is 3.64. The zero-order valence-corrected chi connectivity index (χ0v) is 28.3. The highest BCUT2D eigenvalue weighted by Crippen LogP contribution is 2.26. The van der Waals surface area contributed by atoms with Crippen LogP contribution in [-0.2, 0) is 38.8 Å². The molecule has 2 saturated heterocycles. The van der Waals surface area contributed by atoms with Crippen molar-refractivity contribution in [2.24, 2.45) is 4.99 Å². The molecule has 0 bridgehead atoms. The maximum atomic E-state index is 13.9. The van der Waals surface area contributed by atoms with Gasteiger partial charge in [-0.1, -0.05) is 66.3 Å². The normalized spacial score (nSPS) is 16.3. The molecule has 2 N–H and O–H groups in total. The van der Waals surface area contributed by atoms with Crippen LogP contribution in [0.5, 0.6) is 0 Å². The number of piperazine rings is 1. The molecule has 2 aromatic heterocycles. The number of nitrogens with one attached hydrogen (secondary N) is 2. The van der Waals surface area contributed by atoms with Gasteiger partial charge < -0.3 is 24.0 Å². The Morgan fingerprint density at radius 1 is 1.06 bits per heavy atom. The monoisotopic (exact) mass is 691 g/mol. The van der Waals surface area contributed by atoms with Crippen molar-refractivity contribution in [3.05, 3.63) is 102 Å². The first-order valence-electron chi connectivity index (χ1n) is 16.7. The fourth-order valence-corrected chi connectivity index (χ4v) is 6.21. The Kier molecular flexibility index (Phi) is 11.6. The number of pyridine rings is 1. The predicted octanol–water partition coefficient (Wildman–Crippen LogP) is 3.00. The molecule has 2 aliphatic rings. The standard InChI is InChI=1S/C37H41N9O5/c1-3-30-28(11-7-12-31(30)38-2)21-44-23-35(39-20-27-9-5-4-6-10-27)46(25-36(44)48)37(49)24-45(40-26-47)22-29-19-33(42-51-29)32-13-8-14-34(41-32)43-15-17-50-18-16-43/h3-14,19,26,35,39H,1-2,15-18,20-25H2,(H,40,47). The number of hydrogen-bond donors (Lipinski definition) is 2. The van der Waals surface area contributed by atoms with Gasteiger partial charge in [-0.15, -0.1) is 0 Å². The number of carbonyl (C=O) groups is 3. The van der Waals surface area contributed by atoms with Gasteiger partial charge in [0.1, 0.15) is 24.2 Å². The molecule has 4 heterocycles. The molecule has 2 aromatic carbocycles. The lowest BCUT2D eigenvalue weighted by Crippen LogP contribution is -2.63. The van der Waals surface area contributed by atoms with Gasteiger partial charge in [-0.2, -0.15) is 0 Å². The first-order chi connectivity index (χ1) is 24.9. The number of anilines is 1. The van der Waals surface area contributed by atoms with E-state index in [2.05, 4.69) is 39.1 Å². The van der Waals surface area contributed by atoms with Crippen molar-refractivity contribution in [3.63, 3.8) is 0 Å². The van der Waals surface area contributed by atoms with E-state index in [1.807, 2.05) is 66.7 Å². The number of hydrazine groups is 1. The molecule has 3 amide bonds. The van der Waals surface area contributed by atoms with Crippen molar-refractivity contribution in [1.29, 1.82) is 0 Å². The minimum absolute atomic E-state index is 0.0503. The fourth-order valence-electron chi connectivity index (χ4n) is 6.21. The lowest BCUT2D eigenvalue weighted by molar-refractivity contribution is -0.152. The van der Waals surface area contributed by atoms with Crippen LogP contribution in [0.15, 0.2) is 88.9 Å². The summed E-state index contributed by atoms with van der Waals surface area (Å²) in [6, 6.07) is 22.9. The van der Waals surface area contributed by atoms with Gasteiger partial charge in [0.2, 0.25) is 18.2 Å². The molecular weight excluding hydrogens is 650 g/mol. The van der Waals surface area contributed by atoms with E-state index in [4.69, 9.17) is 14.2 Å². The number of amides is 3. The minimum atomic E-state index is -0.511. The summed E-state index contributed by atoms with van der Waals surface area (Å²) in [6.45, 7) is 11.1. The van der Waals surface area contributed by atoms with E-state index in [0.717, 1.165) is 35.6 Å². The zero-order chi connectivity index (χ0) is 35.6. The third-order valence-electron chi connectivity index (χ3n) is 8.84. The van der Waals surface area contributed by atoms with Crippen LogP contribution >= 0.6 is 0 Å². The van der Waals surface area contributed by atoms with Crippen molar-refractivity contribution >= 4 is 42.5 Å². The molecular formula is C37H41N9O5. The molecule has 14 nitrogen and oxygen atoms in total. The second kappa shape index (κ2) is 16.8. The molecule has 0 saturated carbocycles. The number of morpholine rings is 1. The van der Waals surface area contributed by atoms with E-state index in [1.165, 1.54) is 9.91 Å². The fraction of sp³-hybridized carbons (Fsp3) is 0.297. The average molecular weight is 692 g/mol. The number of nitrogens with zero attached hydrogens (tertiary/aromatic N) is 7.